The molecule has 1 fully saturated rings. The van der Waals surface area contributed by atoms with Gasteiger partial charge >= 0.3 is 5.97 Å². The first-order chi connectivity index (χ1) is 22.3. The van der Waals surface area contributed by atoms with Crippen molar-refractivity contribution in [1.29, 1.82) is 0 Å². The second-order valence-corrected chi connectivity index (χ2v) is 12.1. The third-order valence-corrected chi connectivity index (χ3v) is 8.65. The third-order valence-electron chi connectivity index (χ3n) is 8.65. The Kier molecular flexibility index (Phi) is 13.9. The lowest BCUT2D eigenvalue weighted by atomic mass is 10.0. The summed E-state index contributed by atoms with van der Waals surface area (Å²) in [4.78, 5) is 17.6. The number of rotatable bonds is 12. The summed E-state index contributed by atoms with van der Waals surface area (Å²) < 4.78 is 5.84. The van der Waals surface area contributed by atoms with Crippen LogP contribution in [0, 0.1) is 5.92 Å². The molecule has 2 atom stereocenters. The number of dihydropyridines is 1. The molecule has 0 amide bonds. The molecule has 1 aromatic heterocycles. The number of piperazine rings is 1. The van der Waals surface area contributed by atoms with E-state index >= 15 is 0 Å². The molecule has 0 radical (unpaired) electrons. The van der Waals surface area contributed by atoms with E-state index in [1.807, 2.05) is 30.5 Å². The Morgan fingerprint density at radius 3 is 2.57 bits per heavy atom. The minimum absolute atomic E-state index is 0.00414. The Morgan fingerprint density at radius 1 is 1.09 bits per heavy atom. The summed E-state index contributed by atoms with van der Waals surface area (Å²) in [6, 6.07) is 9.05. The summed E-state index contributed by atoms with van der Waals surface area (Å²) in [5, 5.41) is 30.1. The zero-order valence-electron chi connectivity index (χ0n) is 27.4. The number of anilines is 2. The van der Waals surface area contributed by atoms with Gasteiger partial charge in [0.15, 0.2) is 5.82 Å². The normalized spacial score (nSPS) is 20.3. The smallest absolute Gasteiger partial charge is 0.303 e. The Hall–Kier alpha value is -3.93. The fourth-order valence-corrected chi connectivity index (χ4v) is 5.78. The number of aromatic nitrogens is 2. The van der Waals surface area contributed by atoms with E-state index in [9.17, 15) is 9.90 Å². The van der Waals surface area contributed by atoms with Crippen LogP contribution in [0.2, 0.25) is 0 Å². The SMILES string of the molecule is CC1=CC(OCCN2CCN(CCCCC(=O)O)CC2)NC=C1.CCC1CC=CCN(c2cc(-c3ccccc3O)nnc2N)C1. The van der Waals surface area contributed by atoms with Gasteiger partial charge in [-0.2, -0.15) is 0 Å². The average molecular weight is 634 g/mol. The summed E-state index contributed by atoms with van der Waals surface area (Å²) in [5.41, 5.74) is 9.48. The number of nitrogen functional groups attached to an aromatic ring is 1. The largest absolute Gasteiger partial charge is 0.507 e. The zero-order valence-corrected chi connectivity index (χ0v) is 27.4. The van der Waals surface area contributed by atoms with Crippen LogP contribution in [0.1, 0.15) is 46.0 Å². The number of nitrogens with two attached hydrogens (primary N) is 1. The van der Waals surface area contributed by atoms with E-state index in [0.717, 1.165) is 90.3 Å². The van der Waals surface area contributed by atoms with Crippen molar-refractivity contribution < 1.29 is 19.7 Å². The molecule has 0 aliphatic carbocycles. The van der Waals surface area contributed by atoms with E-state index in [2.05, 4.69) is 62.3 Å². The molecular formula is C35H51N7O4. The lowest BCUT2D eigenvalue weighted by Crippen LogP contribution is -2.47. The second-order valence-electron chi connectivity index (χ2n) is 12.1. The van der Waals surface area contributed by atoms with Gasteiger partial charge in [-0.25, -0.2) is 0 Å². The molecule has 1 saturated heterocycles. The number of carbonyl (C=O) groups is 1. The van der Waals surface area contributed by atoms with Crippen LogP contribution in [0.4, 0.5) is 11.5 Å². The van der Waals surface area contributed by atoms with E-state index in [-0.39, 0.29) is 18.4 Å². The molecular weight excluding hydrogens is 582 g/mol. The van der Waals surface area contributed by atoms with E-state index in [0.29, 0.717) is 23.0 Å². The van der Waals surface area contributed by atoms with Crippen molar-refractivity contribution in [3.63, 3.8) is 0 Å². The minimum atomic E-state index is -0.692. The molecule has 2 unspecified atom stereocenters. The number of unbranched alkanes of at least 4 members (excludes halogenated alkanes) is 1. The van der Waals surface area contributed by atoms with Gasteiger partial charge in [-0.3, -0.25) is 9.69 Å². The summed E-state index contributed by atoms with van der Waals surface area (Å²) in [5.74, 6) is 0.534. The predicted molar refractivity (Wildman–Crippen MR) is 183 cm³/mol. The first-order valence-electron chi connectivity index (χ1n) is 16.5. The zero-order chi connectivity index (χ0) is 32.7. The first-order valence-corrected chi connectivity index (χ1v) is 16.5. The molecule has 2 aromatic rings. The molecule has 5 rings (SSSR count). The van der Waals surface area contributed by atoms with Crippen LogP contribution >= 0.6 is 0 Å². The van der Waals surface area contributed by atoms with Crippen LogP contribution in [0.5, 0.6) is 5.75 Å². The molecule has 3 aliphatic rings. The van der Waals surface area contributed by atoms with Crippen molar-refractivity contribution in [2.75, 3.05) is 69.6 Å². The number of aromatic hydroxyl groups is 1. The molecule has 4 heterocycles. The lowest BCUT2D eigenvalue weighted by Gasteiger charge is -2.34. The van der Waals surface area contributed by atoms with Gasteiger partial charge in [-0.15, -0.1) is 10.2 Å². The number of hydrogen-bond acceptors (Lipinski definition) is 10. The van der Waals surface area contributed by atoms with Crippen LogP contribution in [-0.2, 0) is 9.53 Å². The van der Waals surface area contributed by atoms with Gasteiger partial charge in [-0.05, 0) is 80.8 Å². The standard InChI is InChI=1S/C18H22N4O.C17H29N3O3/c1-2-13-7-5-6-10-22(12-13)16-11-15(20-21-18(16)19)14-8-3-4-9-17(14)23;1-15-5-6-18-16(14-15)23-13-12-20-10-8-19(9-11-20)7-3-2-4-17(21)22/h3-6,8-9,11,13,23H,2,7,10,12H2,1H3,(H2,19,21);5-6,14,16,18H,2-4,7-13H2,1H3,(H,21,22). The van der Waals surface area contributed by atoms with Gasteiger partial charge in [0, 0.05) is 57.8 Å². The lowest BCUT2D eigenvalue weighted by molar-refractivity contribution is -0.137. The fourth-order valence-electron chi connectivity index (χ4n) is 5.78. The molecule has 0 saturated carbocycles. The molecule has 3 aliphatic heterocycles. The maximum Gasteiger partial charge on any atom is 0.303 e. The Balaban J connectivity index is 0.000000209. The highest BCUT2D eigenvalue weighted by molar-refractivity contribution is 5.74. The number of ether oxygens (including phenoxy) is 1. The van der Waals surface area contributed by atoms with Crippen LogP contribution in [0.25, 0.3) is 11.3 Å². The number of carboxylic acid groups (broad SMARTS) is 1. The predicted octanol–water partition coefficient (Wildman–Crippen LogP) is 4.49. The summed E-state index contributed by atoms with van der Waals surface area (Å²) in [6.07, 6.45) is 14.7. The van der Waals surface area contributed by atoms with Crippen molar-refractivity contribution >= 4 is 17.5 Å². The van der Waals surface area contributed by atoms with Gasteiger partial charge in [0.2, 0.25) is 0 Å². The van der Waals surface area contributed by atoms with Gasteiger partial charge in [0.05, 0.1) is 18.0 Å². The van der Waals surface area contributed by atoms with E-state index in [4.69, 9.17) is 15.6 Å². The maximum atomic E-state index is 10.5. The number of phenolic OH excluding ortho intramolecular Hbond substituents is 1. The van der Waals surface area contributed by atoms with Crippen LogP contribution in [0.15, 0.2) is 66.4 Å². The first kappa shape index (κ1) is 34.9. The monoisotopic (exact) mass is 633 g/mol. The topological polar surface area (TPSA) is 140 Å². The van der Waals surface area contributed by atoms with E-state index in [1.54, 1.807) is 12.1 Å². The number of allylic oxidation sites excluding steroid dienone is 3. The van der Waals surface area contributed by atoms with Crippen molar-refractivity contribution in [2.45, 2.75) is 52.2 Å². The Morgan fingerprint density at radius 2 is 1.85 bits per heavy atom. The molecule has 46 heavy (non-hydrogen) atoms. The quantitative estimate of drug-likeness (QED) is 0.194. The highest BCUT2D eigenvalue weighted by Crippen LogP contribution is 2.32. The number of nitrogens with one attached hydrogen (secondary N) is 1. The average Bonchev–Trinajstić information content (AvgIpc) is 3.31. The molecule has 11 nitrogen and oxygen atoms in total. The van der Waals surface area contributed by atoms with Gasteiger partial charge in [-0.1, -0.05) is 37.6 Å². The molecule has 0 spiro atoms. The van der Waals surface area contributed by atoms with Gasteiger partial charge < -0.3 is 35.8 Å². The van der Waals surface area contributed by atoms with E-state index < -0.39 is 5.97 Å². The third kappa shape index (κ3) is 11.1. The summed E-state index contributed by atoms with van der Waals surface area (Å²) in [7, 11) is 0. The van der Waals surface area contributed by atoms with Gasteiger partial charge in [0.25, 0.3) is 0 Å². The number of benzene rings is 1. The fraction of sp³-hybridized carbons (Fsp3) is 0.514. The molecule has 1 aromatic carbocycles. The number of hydrogen-bond donors (Lipinski definition) is 4. The number of carboxylic acids is 1. The minimum Gasteiger partial charge on any atom is -0.507 e. The van der Waals surface area contributed by atoms with Crippen LogP contribution < -0.4 is 16.0 Å². The van der Waals surface area contributed by atoms with Gasteiger partial charge in [0.1, 0.15) is 12.0 Å². The van der Waals surface area contributed by atoms with Crippen LogP contribution in [-0.4, -0.2) is 101 Å². The molecule has 5 N–H and O–H groups in total. The summed E-state index contributed by atoms with van der Waals surface area (Å²) in [6.45, 7) is 13.0. The molecule has 11 heteroatoms. The van der Waals surface area contributed by atoms with E-state index in [1.165, 1.54) is 5.57 Å². The highest BCUT2D eigenvalue weighted by atomic mass is 16.5. The summed E-state index contributed by atoms with van der Waals surface area (Å²) >= 11 is 0. The number of phenols is 1. The number of aliphatic carboxylic acids is 1. The second kappa shape index (κ2) is 18.3. The van der Waals surface area contributed by atoms with Crippen molar-refractivity contribution in [2.24, 2.45) is 5.92 Å². The maximum absolute atomic E-state index is 10.5. The van der Waals surface area contributed by atoms with Crippen molar-refractivity contribution in [3.05, 3.63) is 66.4 Å². The van der Waals surface area contributed by atoms with Crippen molar-refractivity contribution in [1.82, 2.24) is 25.3 Å². The van der Waals surface area contributed by atoms with Crippen LogP contribution in [0.3, 0.4) is 0 Å². The Bertz CT molecular complexity index is 1340. The molecule has 250 valence electrons. The van der Waals surface area contributed by atoms with Crippen molar-refractivity contribution in [3.8, 4) is 17.0 Å². The Labute approximate surface area is 273 Å². The highest BCUT2D eigenvalue weighted by Gasteiger charge is 2.19. The number of para-hydroxylation sites is 1. The molecule has 0 bridgehead atoms. The number of nitrogens with zero attached hydrogens (tertiary/aromatic N) is 5.